The van der Waals surface area contributed by atoms with Crippen molar-refractivity contribution < 1.29 is 9.59 Å². The summed E-state index contributed by atoms with van der Waals surface area (Å²) in [6.45, 7) is 3.45. The lowest BCUT2D eigenvalue weighted by atomic mass is 9.97. The van der Waals surface area contributed by atoms with Crippen molar-refractivity contribution in [3.05, 3.63) is 0 Å². The fraction of sp³-hybridized carbons (Fsp3) is 0.750. The molecule has 2 N–H and O–H groups in total. The van der Waals surface area contributed by atoms with Crippen LogP contribution in [-0.2, 0) is 9.59 Å². The number of carbonyl (C=O) groups excluding carboxylic acids is 2. The third-order valence-corrected chi connectivity index (χ3v) is 1.57. The SMILES string of the molecule is CCCC(CC(C)=O)C(N)=O. The second-order valence-electron chi connectivity index (χ2n) is 2.79. The van der Waals surface area contributed by atoms with E-state index in [0.29, 0.717) is 6.42 Å². The van der Waals surface area contributed by atoms with E-state index in [9.17, 15) is 9.59 Å². The molecule has 1 atom stereocenters. The van der Waals surface area contributed by atoms with Gasteiger partial charge in [0, 0.05) is 12.3 Å². The predicted octanol–water partition coefficient (Wildman–Crippen LogP) is 0.867. The Morgan fingerprint density at radius 1 is 1.45 bits per heavy atom. The summed E-state index contributed by atoms with van der Waals surface area (Å²) in [5.41, 5.74) is 5.08. The molecule has 0 saturated heterocycles. The highest BCUT2D eigenvalue weighted by molar-refractivity contribution is 5.84. The van der Waals surface area contributed by atoms with Crippen LogP contribution in [0.5, 0.6) is 0 Å². The monoisotopic (exact) mass is 157 g/mol. The van der Waals surface area contributed by atoms with E-state index in [2.05, 4.69) is 0 Å². The maximum absolute atomic E-state index is 10.7. The number of Topliss-reactive ketones (excluding diaryl/α,β-unsaturated/α-hetero) is 1. The number of amides is 1. The van der Waals surface area contributed by atoms with Gasteiger partial charge in [0.1, 0.15) is 5.78 Å². The normalized spacial score (nSPS) is 12.5. The van der Waals surface area contributed by atoms with Gasteiger partial charge in [-0.15, -0.1) is 0 Å². The van der Waals surface area contributed by atoms with E-state index < -0.39 is 0 Å². The molecule has 3 nitrogen and oxygen atoms in total. The number of carbonyl (C=O) groups is 2. The number of rotatable bonds is 5. The van der Waals surface area contributed by atoms with Gasteiger partial charge < -0.3 is 10.5 Å². The summed E-state index contributed by atoms with van der Waals surface area (Å²) in [6, 6.07) is 0. The molecule has 64 valence electrons. The Hall–Kier alpha value is -0.860. The van der Waals surface area contributed by atoms with Crippen molar-refractivity contribution in [2.45, 2.75) is 33.1 Å². The van der Waals surface area contributed by atoms with Crippen molar-refractivity contribution in [2.24, 2.45) is 11.7 Å². The standard InChI is InChI=1S/C8H15NO2/c1-3-4-7(8(9)11)5-6(2)10/h7H,3-5H2,1-2H3,(H2,9,11). The predicted molar refractivity (Wildman–Crippen MR) is 42.9 cm³/mol. The summed E-state index contributed by atoms with van der Waals surface area (Å²) < 4.78 is 0. The number of primary amides is 1. The molecule has 0 fully saturated rings. The van der Waals surface area contributed by atoms with E-state index >= 15 is 0 Å². The van der Waals surface area contributed by atoms with Gasteiger partial charge in [0.25, 0.3) is 0 Å². The molecule has 0 aromatic rings. The fourth-order valence-corrected chi connectivity index (χ4v) is 1.04. The van der Waals surface area contributed by atoms with Crippen molar-refractivity contribution in [3.63, 3.8) is 0 Å². The average Bonchev–Trinajstić information content (AvgIpc) is 1.86. The van der Waals surface area contributed by atoms with Crippen LogP contribution < -0.4 is 5.73 Å². The van der Waals surface area contributed by atoms with Gasteiger partial charge >= 0.3 is 0 Å². The number of hydrogen-bond acceptors (Lipinski definition) is 2. The van der Waals surface area contributed by atoms with Gasteiger partial charge in [0.05, 0.1) is 0 Å². The molecular weight excluding hydrogens is 142 g/mol. The molecular formula is C8H15NO2. The van der Waals surface area contributed by atoms with Gasteiger partial charge in [-0.3, -0.25) is 4.79 Å². The summed E-state index contributed by atoms with van der Waals surface area (Å²) in [5, 5.41) is 0. The highest BCUT2D eigenvalue weighted by atomic mass is 16.1. The molecule has 0 saturated carbocycles. The Bertz CT molecular complexity index is 154. The lowest BCUT2D eigenvalue weighted by molar-refractivity contribution is -0.126. The van der Waals surface area contributed by atoms with Crippen molar-refractivity contribution in [2.75, 3.05) is 0 Å². The summed E-state index contributed by atoms with van der Waals surface area (Å²) in [6.07, 6.45) is 1.90. The second kappa shape index (κ2) is 4.88. The van der Waals surface area contributed by atoms with Gasteiger partial charge in [0.2, 0.25) is 5.91 Å². The van der Waals surface area contributed by atoms with Crippen LogP contribution in [0, 0.1) is 5.92 Å². The number of hydrogen-bond donors (Lipinski definition) is 1. The first-order valence-corrected chi connectivity index (χ1v) is 3.86. The smallest absolute Gasteiger partial charge is 0.220 e. The molecule has 1 amide bonds. The van der Waals surface area contributed by atoms with Gasteiger partial charge in [-0.2, -0.15) is 0 Å². The topological polar surface area (TPSA) is 60.2 Å². The van der Waals surface area contributed by atoms with Crippen LogP contribution in [0.4, 0.5) is 0 Å². The second-order valence-corrected chi connectivity index (χ2v) is 2.79. The molecule has 0 bridgehead atoms. The Kier molecular flexibility index (Phi) is 4.50. The minimum atomic E-state index is -0.359. The first-order chi connectivity index (χ1) is 5.07. The zero-order chi connectivity index (χ0) is 8.85. The number of ketones is 1. The molecule has 0 aliphatic heterocycles. The molecule has 0 aromatic carbocycles. The van der Waals surface area contributed by atoms with Crippen LogP contribution in [0.15, 0.2) is 0 Å². The molecule has 0 rings (SSSR count). The quantitative estimate of drug-likeness (QED) is 0.643. The van der Waals surface area contributed by atoms with E-state index in [1.165, 1.54) is 6.92 Å². The average molecular weight is 157 g/mol. The third-order valence-electron chi connectivity index (χ3n) is 1.57. The van der Waals surface area contributed by atoms with E-state index in [-0.39, 0.29) is 17.6 Å². The molecule has 0 spiro atoms. The summed E-state index contributed by atoms with van der Waals surface area (Å²) in [7, 11) is 0. The van der Waals surface area contributed by atoms with Crippen molar-refractivity contribution in [1.29, 1.82) is 0 Å². The minimum absolute atomic E-state index is 0.0299. The molecule has 0 aromatic heterocycles. The zero-order valence-corrected chi connectivity index (χ0v) is 7.09. The molecule has 11 heavy (non-hydrogen) atoms. The zero-order valence-electron chi connectivity index (χ0n) is 7.09. The Labute approximate surface area is 67.0 Å². The van der Waals surface area contributed by atoms with E-state index in [0.717, 1.165) is 12.8 Å². The number of nitrogens with two attached hydrogens (primary N) is 1. The fourth-order valence-electron chi connectivity index (χ4n) is 1.04. The van der Waals surface area contributed by atoms with Gasteiger partial charge in [-0.05, 0) is 13.3 Å². The lowest BCUT2D eigenvalue weighted by Crippen LogP contribution is -2.24. The maximum Gasteiger partial charge on any atom is 0.220 e. The molecule has 1 unspecified atom stereocenters. The van der Waals surface area contributed by atoms with Crippen LogP contribution in [0.25, 0.3) is 0 Å². The van der Waals surface area contributed by atoms with Gasteiger partial charge in [0.15, 0.2) is 0 Å². The van der Waals surface area contributed by atoms with Crippen LogP contribution in [0.1, 0.15) is 33.1 Å². The largest absolute Gasteiger partial charge is 0.369 e. The highest BCUT2D eigenvalue weighted by Gasteiger charge is 2.15. The Morgan fingerprint density at radius 2 is 2.00 bits per heavy atom. The molecule has 0 radical (unpaired) electrons. The minimum Gasteiger partial charge on any atom is -0.369 e. The summed E-state index contributed by atoms with van der Waals surface area (Å²) in [5.74, 6) is -0.582. The lowest BCUT2D eigenvalue weighted by Gasteiger charge is -2.08. The van der Waals surface area contributed by atoms with Crippen molar-refractivity contribution in [1.82, 2.24) is 0 Å². The Balaban J connectivity index is 3.89. The third kappa shape index (κ3) is 4.53. The Morgan fingerprint density at radius 3 is 2.27 bits per heavy atom. The van der Waals surface area contributed by atoms with Crippen LogP contribution in [0.2, 0.25) is 0 Å². The van der Waals surface area contributed by atoms with Crippen LogP contribution >= 0.6 is 0 Å². The first-order valence-electron chi connectivity index (χ1n) is 3.86. The van der Waals surface area contributed by atoms with E-state index in [1.54, 1.807) is 0 Å². The first kappa shape index (κ1) is 10.1. The van der Waals surface area contributed by atoms with Gasteiger partial charge in [-0.1, -0.05) is 13.3 Å². The van der Waals surface area contributed by atoms with Crippen molar-refractivity contribution >= 4 is 11.7 Å². The van der Waals surface area contributed by atoms with Crippen LogP contribution in [0.3, 0.4) is 0 Å². The molecule has 0 heterocycles. The molecule has 0 aliphatic rings. The highest BCUT2D eigenvalue weighted by Crippen LogP contribution is 2.10. The van der Waals surface area contributed by atoms with E-state index in [1.807, 2.05) is 6.92 Å². The summed E-state index contributed by atoms with van der Waals surface area (Å²) in [4.78, 5) is 21.3. The molecule has 3 heteroatoms. The maximum atomic E-state index is 10.7. The molecule has 0 aliphatic carbocycles. The summed E-state index contributed by atoms with van der Waals surface area (Å²) >= 11 is 0. The van der Waals surface area contributed by atoms with Crippen LogP contribution in [-0.4, -0.2) is 11.7 Å². The van der Waals surface area contributed by atoms with Crippen molar-refractivity contribution in [3.8, 4) is 0 Å². The van der Waals surface area contributed by atoms with E-state index in [4.69, 9.17) is 5.73 Å². The van der Waals surface area contributed by atoms with Gasteiger partial charge in [-0.25, -0.2) is 0 Å².